The second kappa shape index (κ2) is 4.38. The Kier molecular flexibility index (Phi) is 3.10. The molecule has 8 heteroatoms. The minimum absolute atomic E-state index is 0.0470. The second-order valence-corrected chi connectivity index (χ2v) is 5.65. The van der Waals surface area contributed by atoms with E-state index in [1.165, 1.54) is 11.0 Å². The van der Waals surface area contributed by atoms with Crippen LogP contribution in [0.15, 0.2) is 6.33 Å². The highest BCUT2D eigenvalue weighted by atomic mass is 32.2. The van der Waals surface area contributed by atoms with Crippen LogP contribution >= 0.6 is 0 Å². The Morgan fingerprint density at radius 2 is 2.50 bits per heavy atom. The molecule has 1 aromatic rings. The molecular formula is C8H15N5O2S. The zero-order chi connectivity index (χ0) is 11.6. The maximum Gasteiger partial charge on any atom is 0.236 e. The van der Waals surface area contributed by atoms with Crippen molar-refractivity contribution in [1.29, 1.82) is 0 Å². The fourth-order valence-corrected chi connectivity index (χ4v) is 3.09. The SMILES string of the molecule is Cn1ncnc1NS(=O)(=O)CC1CCCN1. The quantitative estimate of drug-likeness (QED) is 0.733. The van der Waals surface area contributed by atoms with Crippen molar-refractivity contribution in [3.8, 4) is 0 Å². The minimum atomic E-state index is -3.35. The first-order chi connectivity index (χ1) is 7.57. The summed E-state index contributed by atoms with van der Waals surface area (Å²) in [6.45, 7) is 0.893. The van der Waals surface area contributed by atoms with Gasteiger partial charge in [-0.3, -0.25) is 4.72 Å². The smallest absolute Gasteiger partial charge is 0.236 e. The van der Waals surface area contributed by atoms with Gasteiger partial charge in [-0.25, -0.2) is 13.1 Å². The van der Waals surface area contributed by atoms with Crippen LogP contribution < -0.4 is 10.0 Å². The number of hydrogen-bond donors (Lipinski definition) is 2. The molecule has 16 heavy (non-hydrogen) atoms. The van der Waals surface area contributed by atoms with Gasteiger partial charge in [-0.1, -0.05) is 0 Å². The van der Waals surface area contributed by atoms with Gasteiger partial charge in [0.05, 0.1) is 5.75 Å². The Hall–Kier alpha value is -1.15. The van der Waals surface area contributed by atoms with Crippen LogP contribution in [0.3, 0.4) is 0 Å². The third-order valence-corrected chi connectivity index (χ3v) is 3.88. The number of sulfonamides is 1. The summed E-state index contributed by atoms with van der Waals surface area (Å²) in [6, 6.07) is 0.0470. The van der Waals surface area contributed by atoms with E-state index in [0.29, 0.717) is 0 Å². The van der Waals surface area contributed by atoms with Crippen molar-refractivity contribution in [2.24, 2.45) is 7.05 Å². The van der Waals surface area contributed by atoms with Crippen molar-refractivity contribution in [3.63, 3.8) is 0 Å². The highest BCUT2D eigenvalue weighted by molar-refractivity contribution is 7.92. The van der Waals surface area contributed by atoms with E-state index in [-0.39, 0.29) is 17.7 Å². The van der Waals surface area contributed by atoms with Crippen LogP contribution in [0.2, 0.25) is 0 Å². The van der Waals surface area contributed by atoms with Crippen molar-refractivity contribution in [2.75, 3.05) is 17.0 Å². The fraction of sp³-hybridized carbons (Fsp3) is 0.750. The zero-order valence-electron chi connectivity index (χ0n) is 9.05. The van der Waals surface area contributed by atoms with E-state index in [4.69, 9.17) is 0 Å². The molecule has 1 aliphatic rings. The molecular weight excluding hydrogens is 230 g/mol. The molecule has 0 saturated carbocycles. The fourth-order valence-electron chi connectivity index (χ4n) is 1.73. The monoisotopic (exact) mass is 245 g/mol. The average Bonchev–Trinajstić information content (AvgIpc) is 2.78. The summed E-state index contributed by atoms with van der Waals surface area (Å²) < 4.78 is 27.4. The third-order valence-electron chi connectivity index (χ3n) is 2.54. The van der Waals surface area contributed by atoms with Gasteiger partial charge in [0.25, 0.3) is 0 Å². The molecule has 1 aliphatic heterocycles. The summed E-state index contributed by atoms with van der Waals surface area (Å²) in [6.07, 6.45) is 3.25. The predicted octanol–water partition coefficient (Wildman–Crippen LogP) is -0.691. The summed E-state index contributed by atoms with van der Waals surface area (Å²) >= 11 is 0. The maximum absolute atomic E-state index is 11.8. The molecule has 0 radical (unpaired) electrons. The van der Waals surface area contributed by atoms with Crippen molar-refractivity contribution in [3.05, 3.63) is 6.33 Å². The second-order valence-electron chi connectivity index (χ2n) is 3.88. The Balaban J connectivity index is 2.00. The molecule has 90 valence electrons. The lowest BCUT2D eigenvalue weighted by Crippen LogP contribution is -2.33. The molecule has 1 unspecified atom stereocenters. The van der Waals surface area contributed by atoms with Crippen LogP contribution in [-0.4, -0.2) is 41.5 Å². The van der Waals surface area contributed by atoms with Crippen LogP contribution in [0.4, 0.5) is 5.95 Å². The summed E-state index contributed by atoms with van der Waals surface area (Å²) in [5, 5.41) is 6.94. The Morgan fingerprint density at radius 1 is 1.69 bits per heavy atom. The van der Waals surface area contributed by atoms with Gasteiger partial charge in [0.2, 0.25) is 16.0 Å². The van der Waals surface area contributed by atoms with Crippen LogP contribution in [0.5, 0.6) is 0 Å². The number of anilines is 1. The minimum Gasteiger partial charge on any atom is -0.313 e. The molecule has 1 fully saturated rings. The highest BCUT2D eigenvalue weighted by Gasteiger charge is 2.22. The molecule has 0 bridgehead atoms. The topological polar surface area (TPSA) is 88.9 Å². The summed E-state index contributed by atoms with van der Waals surface area (Å²) in [5.74, 6) is 0.331. The molecule has 1 aromatic heterocycles. The van der Waals surface area contributed by atoms with E-state index in [9.17, 15) is 8.42 Å². The number of aromatic nitrogens is 3. The Bertz CT molecular complexity index is 449. The van der Waals surface area contributed by atoms with Gasteiger partial charge >= 0.3 is 0 Å². The first-order valence-electron chi connectivity index (χ1n) is 5.15. The Morgan fingerprint density at radius 3 is 3.06 bits per heavy atom. The normalized spacial score (nSPS) is 21.2. The summed E-state index contributed by atoms with van der Waals surface area (Å²) in [7, 11) is -1.71. The molecule has 0 aliphatic carbocycles. The van der Waals surface area contributed by atoms with Gasteiger partial charge in [0.15, 0.2) is 0 Å². The van der Waals surface area contributed by atoms with Gasteiger partial charge < -0.3 is 5.32 Å². The number of nitrogens with one attached hydrogen (secondary N) is 2. The zero-order valence-corrected chi connectivity index (χ0v) is 9.87. The van der Waals surface area contributed by atoms with Crippen molar-refractivity contribution in [2.45, 2.75) is 18.9 Å². The lowest BCUT2D eigenvalue weighted by Gasteiger charge is -2.11. The van der Waals surface area contributed by atoms with E-state index < -0.39 is 10.0 Å². The van der Waals surface area contributed by atoms with E-state index >= 15 is 0 Å². The largest absolute Gasteiger partial charge is 0.313 e. The third kappa shape index (κ3) is 2.70. The van der Waals surface area contributed by atoms with E-state index in [0.717, 1.165) is 19.4 Å². The highest BCUT2D eigenvalue weighted by Crippen LogP contribution is 2.09. The van der Waals surface area contributed by atoms with Crippen LogP contribution in [-0.2, 0) is 17.1 Å². The lowest BCUT2D eigenvalue weighted by atomic mass is 10.3. The number of nitrogens with zero attached hydrogens (tertiary/aromatic N) is 3. The Labute approximate surface area is 94.3 Å². The molecule has 1 saturated heterocycles. The van der Waals surface area contributed by atoms with Gasteiger partial charge in [0.1, 0.15) is 6.33 Å². The summed E-state index contributed by atoms with van der Waals surface area (Å²) in [5.41, 5.74) is 0. The standard InChI is InChI=1S/C8H15N5O2S/c1-13-8(10-6-11-13)12-16(14,15)5-7-3-2-4-9-7/h6-7,9H,2-5H2,1H3,(H,10,11,12). The first kappa shape index (κ1) is 11.3. The number of rotatable bonds is 4. The molecule has 0 spiro atoms. The number of hydrogen-bond acceptors (Lipinski definition) is 5. The maximum atomic E-state index is 11.8. The van der Waals surface area contributed by atoms with E-state index in [2.05, 4.69) is 20.1 Å². The molecule has 2 rings (SSSR count). The lowest BCUT2D eigenvalue weighted by molar-refractivity contribution is 0.581. The molecule has 0 amide bonds. The molecule has 2 heterocycles. The van der Waals surface area contributed by atoms with Crippen molar-refractivity contribution < 1.29 is 8.42 Å². The molecule has 0 aromatic carbocycles. The van der Waals surface area contributed by atoms with Gasteiger partial charge in [-0.2, -0.15) is 10.1 Å². The van der Waals surface area contributed by atoms with Gasteiger partial charge in [-0.05, 0) is 19.4 Å². The number of aryl methyl sites for hydroxylation is 1. The molecule has 1 atom stereocenters. The van der Waals surface area contributed by atoms with Crippen LogP contribution in [0, 0.1) is 0 Å². The average molecular weight is 245 g/mol. The van der Waals surface area contributed by atoms with E-state index in [1.807, 2.05) is 0 Å². The predicted molar refractivity (Wildman–Crippen MR) is 59.4 cm³/mol. The van der Waals surface area contributed by atoms with Crippen LogP contribution in [0.1, 0.15) is 12.8 Å². The van der Waals surface area contributed by atoms with Gasteiger partial charge in [0, 0.05) is 13.1 Å². The van der Waals surface area contributed by atoms with Crippen molar-refractivity contribution in [1.82, 2.24) is 20.1 Å². The van der Waals surface area contributed by atoms with Crippen LogP contribution in [0.25, 0.3) is 0 Å². The summed E-state index contributed by atoms with van der Waals surface area (Å²) in [4.78, 5) is 3.82. The first-order valence-corrected chi connectivity index (χ1v) is 6.80. The molecule has 7 nitrogen and oxygen atoms in total. The van der Waals surface area contributed by atoms with E-state index in [1.54, 1.807) is 7.05 Å². The van der Waals surface area contributed by atoms with Crippen molar-refractivity contribution >= 4 is 16.0 Å². The molecule has 2 N–H and O–H groups in total. The van der Waals surface area contributed by atoms with Gasteiger partial charge in [-0.15, -0.1) is 0 Å².